The molecule has 0 unspecified atom stereocenters. The second-order valence-electron chi connectivity index (χ2n) is 5.63. The zero-order chi connectivity index (χ0) is 16.5. The van der Waals surface area contributed by atoms with E-state index in [0.717, 1.165) is 28.0 Å². The molecule has 0 atom stereocenters. The second kappa shape index (κ2) is 6.93. The van der Waals surface area contributed by atoms with E-state index in [1.165, 1.54) is 0 Å². The van der Waals surface area contributed by atoms with Crippen molar-refractivity contribution in [3.8, 4) is 0 Å². The summed E-state index contributed by atoms with van der Waals surface area (Å²) in [7, 11) is 0. The van der Waals surface area contributed by atoms with Gasteiger partial charge in [-0.25, -0.2) is 0 Å². The van der Waals surface area contributed by atoms with Crippen LogP contribution in [0, 0.1) is 0 Å². The maximum Gasteiger partial charge on any atom is 0.257 e. The molecule has 1 amide bonds. The first-order valence-corrected chi connectivity index (χ1v) is 8.08. The van der Waals surface area contributed by atoms with Crippen LogP contribution in [0.4, 0.5) is 5.69 Å². The van der Waals surface area contributed by atoms with Crippen LogP contribution >= 0.6 is 11.6 Å². The van der Waals surface area contributed by atoms with Crippen molar-refractivity contribution in [3.63, 3.8) is 0 Å². The normalized spacial score (nSPS) is 12.2. The Kier molecular flexibility index (Phi) is 4.70. The Morgan fingerprint density at radius 1 is 0.800 bits per heavy atom. The molecule has 4 rings (SSSR count). The number of fused-ring (bicyclic) bond motifs is 1. The lowest BCUT2D eigenvalue weighted by Crippen LogP contribution is -2.06. The molecule has 1 aliphatic rings. The van der Waals surface area contributed by atoms with E-state index in [-0.39, 0.29) is 11.4 Å². The minimum absolute atomic E-state index is 0. The van der Waals surface area contributed by atoms with Gasteiger partial charge in [0, 0.05) is 16.2 Å². The SMILES string of the molecule is O.O=C1Nc2cc(Cl)ccc2C1=C(c1ccccc1)c1ccccc1. The van der Waals surface area contributed by atoms with E-state index < -0.39 is 0 Å². The number of amides is 1. The number of nitrogens with one attached hydrogen (secondary N) is 1. The fourth-order valence-corrected chi connectivity index (χ4v) is 3.23. The highest BCUT2D eigenvalue weighted by Crippen LogP contribution is 2.40. The predicted octanol–water partition coefficient (Wildman–Crippen LogP) is 4.43. The molecular weight excluding hydrogens is 334 g/mol. The number of anilines is 1. The van der Waals surface area contributed by atoms with Gasteiger partial charge in [-0.2, -0.15) is 0 Å². The molecule has 0 aliphatic carbocycles. The van der Waals surface area contributed by atoms with Crippen molar-refractivity contribution in [2.24, 2.45) is 0 Å². The van der Waals surface area contributed by atoms with E-state index in [9.17, 15) is 4.79 Å². The molecule has 0 aromatic heterocycles. The van der Waals surface area contributed by atoms with Gasteiger partial charge in [0.1, 0.15) is 0 Å². The first-order valence-electron chi connectivity index (χ1n) is 7.70. The lowest BCUT2D eigenvalue weighted by molar-refractivity contribution is -0.110. The molecule has 1 aliphatic heterocycles. The van der Waals surface area contributed by atoms with Gasteiger partial charge in [0.15, 0.2) is 0 Å². The van der Waals surface area contributed by atoms with Crippen molar-refractivity contribution in [1.82, 2.24) is 0 Å². The summed E-state index contributed by atoms with van der Waals surface area (Å²) in [5, 5.41) is 3.53. The quantitative estimate of drug-likeness (QED) is 0.684. The van der Waals surface area contributed by atoms with Gasteiger partial charge in [0.05, 0.1) is 11.3 Å². The molecule has 0 saturated heterocycles. The number of carbonyl (C=O) groups is 1. The standard InChI is InChI=1S/C21H14ClNO.H2O/c22-16-11-12-17-18(13-16)23-21(24)20(17)19(14-7-3-1-4-8-14)15-9-5-2-6-10-15;/h1-13H,(H,23,24);1H2. The molecule has 0 saturated carbocycles. The molecule has 0 spiro atoms. The summed E-state index contributed by atoms with van der Waals surface area (Å²) < 4.78 is 0. The molecule has 4 heteroatoms. The summed E-state index contributed by atoms with van der Waals surface area (Å²) in [6.45, 7) is 0. The Hall–Kier alpha value is -2.88. The van der Waals surface area contributed by atoms with E-state index in [0.29, 0.717) is 10.6 Å². The van der Waals surface area contributed by atoms with Crippen LogP contribution < -0.4 is 5.32 Å². The topological polar surface area (TPSA) is 60.6 Å². The molecule has 3 N–H and O–H groups in total. The highest BCUT2D eigenvalue weighted by molar-refractivity contribution is 6.39. The van der Waals surface area contributed by atoms with E-state index in [4.69, 9.17) is 11.6 Å². The number of benzene rings is 3. The van der Waals surface area contributed by atoms with Crippen molar-refractivity contribution in [2.75, 3.05) is 5.32 Å². The molecule has 3 aromatic rings. The zero-order valence-electron chi connectivity index (χ0n) is 13.3. The summed E-state index contributed by atoms with van der Waals surface area (Å²) in [6, 6.07) is 25.5. The molecule has 124 valence electrons. The lowest BCUT2D eigenvalue weighted by Gasteiger charge is -2.12. The largest absolute Gasteiger partial charge is 0.412 e. The van der Waals surface area contributed by atoms with Crippen LogP contribution in [-0.4, -0.2) is 11.4 Å². The maximum absolute atomic E-state index is 12.7. The lowest BCUT2D eigenvalue weighted by atomic mass is 9.90. The van der Waals surface area contributed by atoms with Gasteiger partial charge in [-0.05, 0) is 23.3 Å². The van der Waals surface area contributed by atoms with Crippen molar-refractivity contribution in [1.29, 1.82) is 0 Å². The number of hydrogen-bond acceptors (Lipinski definition) is 1. The van der Waals surface area contributed by atoms with Gasteiger partial charge in [-0.15, -0.1) is 0 Å². The molecule has 0 fully saturated rings. The third-order valence-electron chi connectivity index (χ3n) is 4.10. The van der Waals surface area contributed by atoms with Crippen LogP contribution in [0.25, 0.3) is 11.1 Å². The van der Waals surface area contributed by atoms with Crippen LogP contribution in [-0.2, 0) is 4.79 Å². The summed E-state index contributed by atoms with van der Waals surface area (Å²) >= 11 is 6.07. The molecular formula is C21H16ClNO2. The zero-order valence-corrected chi connectivity index (χ0v) is 14.0. The van der Waals surface area contributed by atoms with Gasteiger partial charge in [0.2, 0.25) is 0 Å². The van der Waals surface area contributed by atoms with E-state index in [1.807, 2.05) is 72.8 Å². The van der Waals surface area contributed by atoms with Crippen molar-refractivity contribution in [2.45, 2.75) is 0 Å². The van der Waals surface area contributed by atoms with E-state index in [2.05, 4.69) is 5.32 Å². The highest BCUT2D eigenvalue weighted by Gasteiger charge is 2.28. The Morgan fingerprint density at radius 3 is 1.92 bits per heavy atom. The Labute approximate surface area is 150 Å². The Morgan fingerprint density at radius 2 is 1.36 bits per heavy atom. The van der Waals surface area contributed by atoms with Gasteiger partial charge >= 0.3 is 0 Å². The van der Waals surface area contributed by atoms with E-state index in [1.54, 1.807) is 6.07 Å². The second-order valence-corrected chi connectivity index (χ2v) is 6.06. The molecule has 3 nitrogen and oxygen atoms in total. The van der Waals surface area contributed by atoms with Crippen molar-refractivity contribution >= 4 is 34.3 Å². The highest BCUT2D eigenvalue weighted by atomic mass is 35.5. The van der Waals surface area contributed by atoms with Gasteiger partial charge in [-0.3, -0.25) is 4.79 Å². The van der Waals surface area contributed by atoms with Gasteiger partial charge < -0.3 is 10.8 Å². The maximum atomic E-state index is 12.7. The number of carbonyl (C=O) groups excluding carboxylic acids is 1. The number of rotatable bonds is 2. The predicted molar refractivity (Wildman–Crippen MR) is 102 cm³/mol. The minimum atomic E-state index is -0.102. The number of halogens is 1. The molecule has 0 bridgehead atoms. The monoisotopic (exact) mass is 349 g/mol. The first-order chi connectivity index (χ1) is 11.7. The summed E-state index contributed by atoms with van der Waals surface area (Å²) in [6.07, 6.45) is 0. The Bertz CT molecular complexity index is 909. The average molecular weight is 350 g/mol. The molecule has 25 heavy (non-hydrogen) atoms. The average Bonchev–Trinajstić information content (AvgIpc) is 2.92. The van der Waals surface area contributed by atoms with Crippen LogP contribution in [0.2, 0.25) is 5.02 Å². The molecule has 0 radical (unpaired) electrons. The third-order valence-corrected chi connectivity index (χ3v) is 4.34. The minimum Gasteiger partial charge on any atom is -0.412 e. The van der Waals surface area contributed by atoms with Crippen molar-refractivity contribution < 1.29 is 10.3 Å². The van der Waals surface area contributed by atoms with E-state index >= 15 is 0 Å². The first kappa shape index (κ1) is 17.0. The van der Waals surface area contributed by atoms with Crippen LogP contribution in [0.1, 0.15) is 16.7 Å². The molecule has 1 heterocycles. The number of hydrogen-bond donors (Lipinski definition) is 1. The van der Waals surface area contributed by atoms with Crippen molar-refractivity contribution in [3.05, 3.63) is 101 Å². The van der Waals surface area contributed by atoms with Gasteiger partial charge in [0.25, 0.3) is 5.91 Å². The van der Waals surface area contributed by atoms with Gasteiger partial charge in [-0.1, -0.05) is 78.3 Å². The fraction of sp³-hybridized carbons (Fsp3) is 0. The Balaban J connectivity index is 0.00000182. The van der Waals surface area contributed by atoms with Crippen LogP contribution in [0.3, 0.4) is 0 Å². The smallest absolute Gasteiger partial charge is 0.257 e. The third kappa shape index (κ3) is 3.07. The van der Waals surface area contributed by atoms with Crippen LogP contribution in [0.15, 0.2) is 78.9 Å². The van der Waals surface area contributed by atoms with Crippen LogP contribution in [0.5, 0.6) is 0 Å². The summed E-state index contributed by atoms with van der Waals surface area (Å²) in [4.78, 5) is 12.7. The fourth-order valence-electron chi connectivity index (χ4n) is 3.06. The molecule has 3 aromatic carbocycles. The summed E-state index contributed by atoms with van der Waals surface area (Å²) in [5.74, 6) is -0.102. The summed E-state index contributed by atoms with van der Waals surface area (Å²) in [5.41, 5.74) is 5.26.